The maximum Gasteiger partial charge on any atom is 0.346 e. The molecular weight excluding hydrogens is 245 g/mol. The molecule has 4 heteroatoms. The maximum atomic E-state index is 15.0. The molecule has 3 nitrogen and oxygen atoms in total. The zero-order valence-corrected chi connectivity index (χ0v) is 11.6. The van der Waals surface area contributed by atoms with E-state index < -0.39 is 23.2 Å². The van der Waals surface area contributed by atoms with Gasteiger partial charge in [-0.15, -0.1) is 0 Å². The molecular formula is C15H20FNO2. The van der Waals surface area contributed by atoms with Gasteiger partial charge in [0.2, 0.25) is 5.67 Å². The van der Waals surface area contributed by atoms with Crippen LogP contribution in [0.5, 0.6) is 0 Å². The van der Waals surface area contributed by atoms with Crippen molar-refractivity contribution in [2.24, 2.45) is 0 Å². The number of ether oxygens (including phenoxy) is 1. The number of carbonyl (C=O) groups excluding carboxylic acids is 1. The van der Waals surface area contributed by atoms with E-state index in [-0.39, 0.29) is 6.54 Å². The van der Waals surface area contributed by atoms with E-state index in [9.17, 15) is 4.79 Å². The summed E-state index contributed by atoms with van der Waals surface area (Å²) in [7, 11) is 0. The van der Waals surface area contributed by atoms with Gasteiger partial charge in [0, 0.05) is 19.0 Å². The van der Waals surface area contributed by atoms with Crippen LogP contribution in [0.4, 0.5) is 4.39 Å². The molecule has 1 aromatic carbocycles. The summed E-state index contributed by atoms with van der Waals surface area (Å²) in [4.78, 5) is 12.1. The number of nitrogens with one attached hydrogen (secondary N) is 1. The lowest BCUT2D eigenvalue weighted by Gasteiger charge is -2.29. The fraction of sp³-hybridized carbons (Fsp3) is 0.533. The van der Waals surface area contributed by atoms with E-state index >= 15 is 4.39 Å². The molecule has 1 N–H and O–H groups in total. The van der Waals surface area contributed by atoms with Crippen molar-refractivity contribution in [3.63, 3.8) is 0 Å². The van der Waals surface area contributed by atoms with Gasteiger partial charge < -0.3 is 10.1 Å². The Balaban J connectivity index is 2.24. The minimum Gasteiger partial charge on any atom is -0.458 e. The Kier molecular flexibility index (Phi) is 3.63. The number of rotatable bonds is 2. The van der Waals surface area contributed by atoms with E-state index in [1.807, 2.05) is 30.3 Å². The van der Waals surface area contributed by atoms with Crippen LogP contribution in [-0.2, 0) is 9.53 Å². The normalized spacial score (nSPS) is 27.3. The molecule has 2 atom stereocenters. The van der Waals surface area contributed by atoms with E-state index in [1.54, 1.807) is 20.8 Å². The summed E-state index contributed by atoms with van der Waals surface area (Å²) in [5.41, 5.74) is -1.85. The highest BCUT2D eigenvalue weighted by atomic mass is 19.1. The van der Waals surface area contributed by atoms with Crippen LogP contribution in [0.25, 0.3) is 0 Å². The second kappa shape index (κ2) is 4.93. The number of hydrogen-bond acceptors (Lipinski definition) is 3. The Labute approximate surface area is 113 Å². The fourth-order valence-electron chi connectivity index (χ4n) is 2.33. The Morgan fingerprint density at radius 1 is 1.37 bits per heavy atom. The van der Waals surface area contributed by atoms with Crippen LogP contribution in [0, 0.1) is 0 Å². The first-order valence-electron chi connectivity index (χ1n) is 6.51. The van der Waals surface area contributed by atoms with Crippen molar-refractivity contribution in [2.45, 2.75) is 38.0 Å². The van der Waals surface area contributed by atoms with E-state index in [4.69, 9.17) is 4.74 Å². The Morgan fingerprint density at radius 3 is 2.58 bits per heavy atom. The lowest BCUT2D eigenvalue weighted by atomic mass is 9.86. The number of alkyl halides is 1. The van der Waals surface area contributed by atoms with E-state index in [2.05, 4.69) is 5.32 Å². The summed E-state index contributed by atoms with van der Waals surface area (Å²) in [6, 6.07) is 9.26. The van der Waals surface area contributed by atoms with Crippen LogP contribution in [0.2, 0.25) is 0 Å². The second-order valence-corrected chi connectivity index (χ2v) is 5.96. The largest absolute Gasteiger partial charge is 0.458 e. The third-order valence-corrected chi connectivity index (χ3v) is 3.22. The van der Waals surface area contributed by atoms with E-state index in [1.165, 1.54) is 0 Å². The molecule has 0 aliphatic carbocycles. The predicted molar refractivity (Wildman–Crippen MR) is 71.7 cm³/mol. The molecule has 1 fully saturated rings. The van der Waals surface area contributed by atoms with E-state index in [0.717, 1.165) is 5.56 Å². The first-order valence-corrected chi connectivity index (χ1v) is 6.51. The highest BCUT2D eigenvalue weighted by molar-refractivity contribution is 5.82. The SMILES string of the molecule is CC(C)(C)OC(=O)[C@@]1(F)CNC[C@H]1c1ccccc1. The lowest BCUT2D eigenvalue weighted by Crippen LogP contribution is -2.45. The van der Waals surface area contributed by atoms with Crippen LogP contribution >= 0.6 is 0 Å². The van der Waals surface area contributed by atoms with Gasteiger partial charge in [0.15, 0.2) is 0 Å². The minimum atomic E-state index is -1.99. The molecule has 19 heavy (non-hydrogen) atoms. The van der Waals surface area contributed by atoms with Gasteiger partial charge in [-0.3, -0.25) is 0 Å². The maximum absolute atomic E-state index is 15.0. The summed E-state index contributed by atoms with van der Waals surface area (Å²) >= 11 is 0. The van der Waals surface area contributed by atoms with E-state index in [0.29, 0.717) is 6.54 Å². The highest BCUT2D eigenvalue weighted by Gasteiger charge is 2.52. The molecule has 0 saturated carbocycles. The predicted octanol–water partition coefficient (Wildman–Crippen LogP) is 2.42. The van der Waals surface area contributed by atoms with Crippen LogP contribution in [0.1, 0.15) is 32.3 Å². The molecule has 0 unspecified atom stereocenters. The summed E-state index contributed by atoms with van der Waals surface area (Å²) < 4.78 is 20.3. The summed E-state index contributed by atoms with van der Waals surface area (Å²) in [6.45, 7) is 5.68. The summed E-state index contributed by atoms with van der Waals surface area (Å²) in [5, 5.41) is 2.95. The molecule has 1 aliphatic heterocycles. The Bertz CT molecular complexity index is 455. The van der Waals surface area contributed by atoms with Gasteiger partial charge in [-0.2, -0.15) is 0 Å². The monoisotopic (exact) mass is 265 g/mol. The zero-order valence-electron chi connectivity index (χ0n) is 11.6. The molecule has 2 rings (SSSR count). The van der Waals surface area contributed by atoms with Crippen molar-refractivity contribution in [1.29, 1.82) is 0 Å². The topological polar surface area (TPSA) is 38.3 Å². The molecule has 1 heterocycles. The number of hydrogen-bond donors (Lipinski definition) is 1. The minimum absolute atomic E-state index is 0.00146. The molecule has 0 bridgehead atoms. The smallest absolute Gasteiger partial charge is 0.346 e. The average Bonchev–Trinajstić information content (AvgIpc) is 2.72. The number of benzene rings is 1. The second-order valence-electron chi connectivity index (χ2n) is 5.96. The van der Waals surface area contributed by atoms with Gasteiger partial charge in [0.1, 0.15) is 5.60 Å². The standard InChI is InChI=1S/C15H20FNO2/c1-14(2,3)19-13(18)15(16)10-17-9-12(15)11-7-5-4-6-8-11/h4-8,12,17H,9-10H2,1-3H3/t12-,15+/m0/s1. The van der Waals surface area contributed by atoms with Crippen LogP contribution < -0.4 is 5.32 Å². The first kappa shape index (κ1) is 14.0. The molecule has 0 aromatic heterocycles. The fourth-order valence-corrected chi connectivity index (χ4v) is 2.33. The van der Waals surface area contributed by atoms with Gasteiger partial charge in [-0.05, 0) is 26.3 Å². The van der Waals surface area contributed by atoms with Crippen molar-refractivity contribution in [3.05, 3.63) is 35.9 Å². The quantitative estimate of drug-likeness (QED) is 0.835. The molecule has 0 radical (unpaired) electrons. The Hall–Kier alpha value is -1.42. The van der Waals surface area contributed by atoms with Crippen molar-refractivity contribution in [2.75, 3.05) is 13.1 Å². The molecule has 1 aliphatic rings. The van der Waals surface area contributed by atoms with Crippen molar-refractivity contribution in [1.82, 2.24) is 5.32 Å². The van der Waals surface area contributed by atoms with Crippen molar-refractivity contribution >= 4 is 5.97 Å². The van der Waals surface area contributed by atoms with Crippen LogP contribution in [-0.4, -0.2) is 30.3 Å². The van der Waals surface area contributed by atoms with Gasteiger partial charge in [0.25, 0.3) is 0 Å². The van der Waals surface area contributed by atoms with Gasteiger partial charge >= 0.3 is 5.97 Å². The molecule has 104 valence electrons. The zero-order chi connectivity index (χ0) is 14.1. The van der Waals surface area contributed by atoms with Crippen LogP contribution in [0.3, 0.4) is 0 Å². The average molecular weight is 265 g/mol. The number of esters is 1. The summed E-state index contributed by atoms with van der Waals surface area (Å²) in [5.74, 6) is -1.28. The number of carbonyl (C=O) groups is 1. The summed E-state index contributed by atoms with van der Waals surface area (Å²) in [6.07, 6.45) is 0. The molecule has 1 saturated heterocycles. The number of halogens is 1. The van der Waals surface area contributed by atoms with Crippen LogP contribution in [0.15, 0.2) is 30.3 Å². The van der Waals surface area contributed by atoms with Gasteiger partial charge in [0.05, 0.1) is 0 Å². The van der Waals surface area contributed by atoms with Gasteiger partial charge in [-0.25, -0.2) is 9.18 Å². The molecule has 1 aromatic rings. The Morgan fingerprint density at radius 2 is 2.00 bits per heavy atom. The molecule has 0 amide bonds. The first-order chi connectivity index (χ1) is 8.83. The molecule has 0 spiro atoms. The lowest BCUT2D eigenvalue weighted by molar-refractivity contribution is -0.169. The third-order valence-electron chi connectivity index (χ3n) is 3.22. The van der Waals surface area contributed by atoms with Crippen molar-refractivity contribution < 1.29 is 13.9 Å². The van der Waals surface area contributed by atoms with Gasteiger partial charge in [-0.1, -0.05) is 30.3 Å². The third kappa shape index (κ3) is 2.95. The van der Waals surface area contributed by atoms with Crippen molar-refractivity contribution in [3.8, 4) is 0 Å². The highest BCUT2D eigenvalue weighted by Crippen LogP contribution is 2.37.